The van der Waals surface area contributed by atoms with E-state index < -0.39 is 22.2 Å². The number of nitrogens with two attached hydrogens (primary N) is 1. The first-order valence-electron chi connectivity index (χ1n) is 4.16. The highest BCUT2D eigenvalue weighted by Gasteiger charge is 2.27. The highest BCUT2D eigenvalue weighted by atomic mass is 32.2. The van der Waals surface area contributed by atoms with Gasteiger partial charge in [0.2, 0.25) is 0 Å². The van der Waals surface area contributed by atoms with Crippen molar-refractivity contribution in [2.45, 2.75) is 19.9 Å². The van der Waals surface area contributed by atoms with Crippen LogP contribution in [0, 0.1) is 5.92 Å². The van der Waals surface area contributed by atoms with Crippen molar-refractivity contribution in [3.8, 4) is 0 Å². The average molecular weight is 224 g/mol. The van der Waals surface area contributed by atoms with Crippen LogP contribution < -0.4 is 9.83 Å². The SMILES string of the molecule is CC(C)[C@H]([NH2+]S(=O)(=O)N(C)C)C(=O)[O-]. The zero-order valence-electron chi connectivity index (χ0n) is 8.72. The van der Waals surface area contributed by atoms with Crippen molar-refractivity contribution in [2.24, 2.45) is 5.92 Å². The van der Waals surface area contributed by atoms with Crippen LogP contribution in [0.4, 0.5) is 0 Å². The molecule has 2 N–H and O–H groups in total. The first-order chi connectivity index (χ1) is 6.18. The third kappa shape index (κ3) is 3.60. The molecule has 0 unspecified atom stereocenters. The van der Waals surface area contributed by atoms with E-state index in [-0.39, 0.29) is 5.92 Å². The molecule has 0 aliphatic carbocycles. The minimum atomic E-state index is -3.60. The number of aliphatic carboxylic acids is 1. The Morgan fingerprint density at radius 1 is 1.36 bits per heavy atom. The molecular formula is C7H16N2O4S. The molecule has 0 spiro atoms. The molecule has 0 aliphatic rings. The van der Waals surface area contributed by atoms with Crippen LogP contribution in [0.5, 0.6) is 0 Å². The normalized spacial score (nSPS) is 14.7. The monoisotopic (exact) mass is 224 g/mol. The molecule has 0 radical (unpaired) electrons. The van der Waals surface area contributed by atoms with E-state index in [4.69, 9.17) is 0 Å². The molecule has 7 heteroatoms. The second kappa shape index (κ2) is 4.72. The molecule has 0 fully saturated rings. The van der Waals surface area contributed by atoms with Gasteiger partial charge < -0.3 is 9.90 Å². The quantitative estimate of drug-likeness (QED) is 0.543. The fourth-order valence-corrected chi connectivity index (χ4v) is 1.83. The summed E-state index contributed by atoms with van der Waals surface area (Å²) in [5, 5.41) is 10.6. The second-order valence-corrected chi connectivity index (χ2v) is 5.58. The Morgan fingerprint density at radius 2 is 1.79 bits per heavy atom. The number of hydrogen-bond acceptors (Lipinski definition) is 4. The summed E-state index contributed by atoms with van der Waals surface area (Å²) >= 11 is 0. The first-order valence-corrected chi connectivity index (χ1v) is 5.67. The van der Waals surface area contributed by atoms with E-state index in [0.29, 0.717) is 0 Å². The van der Waals surface area contributed by atoms with Crippen LogP contribution in [0.15, 0.2) is 0 Å². The molecule has 0 aromatic heterocycles. The standard InChI is InChI=1S/C7H16N2O4S/c1-5(2)6(7(10)11)8-14(12,13)9(3)4/h5-6,8H,1-4H3,(H,10,11)/t6-/m0/s1. The lowest BCUT2D eigenvalue weighted by molar-refractivity contribution is -0.551. The van der Waals surface area contributed by atoms with Gasteiger partial charge in [0.25, 0.3) is 0 Å². The zero-order valence-corrected chi connectivity index (χ0v) is 9.54. The van der Waals surface area contributed by atoms with Crippen molar-refractivity contribution in [2.75, 3.05) is 14.1 Å². The minimum absolute atomic E-state index is 0.310. The smallest absolute Gasteiger partial charge is 0.369 e. The van der Waals surface area contributed by atoms with Gasteiger partial charge in [-0.05, 0) is 0 Å². The van der Waals surface area contributed by atoms with E-state index >= 15 is 0 Å². The fraction of sp³-hybridized carbons (Fsp3) is 0.857. The number of carboxylic acids is 1. The number of carbonyl (C=O) groups is 1. The van der Waals surface area contributed by atoms with Crippen LogP contribution in [0.2, 0.25) is 0 Å². The van der Waals surface area contributed by atoms with Crippen molar-refractivity contribution in [3.05, 3.63) is 0 Å². The summed E-state index contributed by atoms with van der Waals surface area (Å²) in [7, 11) is -0.908. The lowest BCUT2D eigenvalue weighted by atomic mass is 10.1. The van der Waals surface area contributed by atoms with Gasteiger partial charge in [0, 0.05) is 20.0 Å². The molecule has 0 heterocycles. The Balaban J connectivity index is 4.71. The molecule has 0 bridgehead atoms. The van der Waals surface area contributed by atoms with E-state index in [1.807, 2.05) is 0 Å². The lowest BCUT2D eigenvalue weighted by Crippen LogP contribution is -2.98. The van der Waals surface area contributed by atoms with Crippen LogP contribution >= 0.6 is 0 Å². The van der Waals surface area contributed by atoms with Gasteiger partial charge in [0.15, 0.2) is 0 Å². The van der Waals surface area contributed by atoms with Gasteiger partial charge in [-0.2, -0.15) is 12.7 Å². The molecule has 14 heavy (non-hydrogen) atoms. The third-order valence-corrected chi connectivity index (χ3v) is 3.47. The predicted octanol–water partition coefficient (Wildman–Crippen LogP) is -2.87. The van der Waals surface area contributed by atoms with Gasteiger partial charge in [-0.1, -0.05) is 13.8 Å². The molecule has 0 aromatic carbocycles. The Hall–Kier alpha value is -0.660. The van der Waals surface area contributed by atoms with Gasteiger partial charge in [-0.25, -0.2) is 4.72 Å². The number of rotatable bonds is 5. The summed E-state index contributed by atoms with van der Waals surface area (Å²) in [6.45, 7) is 3.25. The van der Waals surface area contributed by atoms with E-state index in [2.05, 4.69) is 0 Å². The Bertz CT molecular complexity index is 297. The molecular weight excluding hydrogens is 208 g/mol. The van der Waals surface area contributed by atoms with Gasteiger partial charge >= 0.3 is 10.2 Å². The summed E-state index contributed by atoms with van der Waals surface area (Å²) in [6.07, 6.45) is 0. The highest BCUT2D eigenvalue weighted by molar-refractivity contribution is 7.82. The zero-order chi connectivity index (χ0) is 11.5. The molecule has 6 nitrogen and oxygen atoms in total. The van der Waals surface area contributed by atoms with Crippen molar-refractivity contribution >= 4 is 16.2 Å². The summed E-state index contributed by atoms with van der Waals surface area (Å²) in [4.78, 5) is 10.6. The van der Waals surface area contributed by atoms with Crippen molar-refractivity contribution < 1.29 is 23.0 Å². The summed E-state index contributed by atoms with van der Waals surface area (Å²) in [5.74, 6) is -1.68. The maximum absolute atomic E-state index is 11.3. The van der Waals surface area contributed by atoms with Gasteiger partial charge in [-0.3, -0.25) is 0 Å². The van der Waals surface area contributed by atoms with E-state index in [9.17, 15) is 18.3 Å². The van der Waals surface area contributed by atoms with Gasteiger partial charge in [-0.15, -0.1) is 0 Å². The topological polar surface area (TPSA) is 94.1 Å². The molecule has 0 saturated carbocycles. The largest absolute Gasteiger partial charge is 0.544 e. The molecule has 84 valence electrons. The van der Waals surface area contributed by atoms with Crippen LogP contribution in [-0.2, 0) is 15.0 Å². The van der Waals surface area contributed by atoms with Crippen LogP contribution in [-0.4, -0.2) is 38.8 Å². The Labute approximate surface area is 84.1 Å². The van der Waals surface area contributed by atoms with Gasteiger partial charge in [0.05, 0.1) is 0 Å². The van der Waals surface area contributed by atoms with Crippen molar-refractivity contribution in [1.29, 1.82) is 0 Å². The van der Waals surface area contributed by atoms with Crippen molar-refractivity contribution in [3.63, 3.8) is 0 Å². The minimum Gasteiger partial charge on any atom is -0.544 e. The molecule has 0 aliphatic heterocycles. The number of carboxylic acid groups (broad SMARTS) is 1. The molecule has 0 amide bonds. The summed E-state index contributed by atoms with van der Waals surface area (Å²) in [5.41, 5.74) is 0. The number of nitrogens with zero attached hydrogens (tertiary/aromatic N) is 1. The predicted molar refractivity (Wildman–Crippen MR) is 48.2 cm³/mol. The Morgan fingerprint density at radius 3 is 2.00 bits per heavy atom. The second-order valence-electron chi connectivity index (χ2n) is 3.55. The number of hydrogen-bond donors (Lipinski definition) is 1. The molecule has 0 saturated heterocycles. The maximum Gasteiger partial charge on any atom is 0.369 e. The first kappa shape index (κ1) is 13.3. The third-order valence-electron chi connectivity index (χ3n) is 1.82. The Kier molecular flexibility index (Phi) is 4.50. The summed E-state index contributed by atoms with van der Waals surface area (Å²) in [6, 6.07) is -1.08. The summed E-state index contributed by atoms with van der Waals surface area (Å²) < 4.78 is 24.4. The van der Waals surface area contributed by atoms with Crippen LogP contribution in [0.25, 0.3) is 0 Å². The number of quaternary nitrogens is 1. The molecule has 0 aromatic rings. The maximum atomic E-state index is 11.3. The van der Waals surface area contributed by atoms with E-state index in [1.54, 1.807) is 13.8 Å². The van der Waals surface area contributed by atoms with Crippen LogP contribution in [0.1, 0.15) is 13.8 Å². The van der Waals surface area contributed by atoms with Crippen LogP contribution in [0.3, 0.4) is 0 Å². The van der Waals surface area contributed by atoms with E-state index in [1.165, 1.54) is 14.1 Å². The molecule has 0 rings (SSSR count). The van der Waals surface area contributed by atoms with Gasteiger partial charge in [0.1, 0.15) is 12.0 Å². The van der Waals surface area contributed by atoms with E-state index in [0.717, 1.165) is 9.03 Å². The fourth-order valence-electron chi connectivity index (χ4n) is 0.792. The van der Waals surface area contributed by atoms with Crippen molar-refractivity contribution in [1.82, 2.24) is 4.31 Å². The highest BCUT2D eigenvalue weighted by Crippen LogP contribution is 1.96. The number of carbonyl (C=O) groups excluding carboxylic acids is 1. The lowest BCUT2D eigenvalue weighted by Gasteiger charge is -2.20. The average Bonchev–Trinajstić information content (AvgIpc) is 1.98. The molecule has 1 atom stereocenters.